The van der Waals surface area contributed by atoms with Crippen LogP contribution >= 0.6 is 0 Å². The molecule has 224 valence electrons. The minimum atomic E-state index is -0.806. The van der Waals surface area contributed by atoms with Gasteiger partial charge in [-0.05, 0) is 98.2 Å². The van der Waals surface area contributed by atoms with Crippen LogP contribution in [0, 0.1) is 5.41 Å². The Labute approximate surface area is 249 Å². The van der Waals surface area contributed by atoms with Crippen molar-refractivity contribution in [2.24, 2.45) is 5.41 Å². The van der Waals surface area contributed by atoms with Crippen molar-refractivity contribution in [1.82, 2.24) is 5.32 Å². The lowest BCUT2D eigenvalue weighted by Gasteiger charge is -2.48. The summed E-state index contributed by atoms with van der Waals surface area (Å²) in [5.41, 5.74) is 5.76. The first-order chi connectivity index (χ1) is 20.2. The number of halogens is 1. The molecule has 1 spiro atoms. The number of ether oxygens (including phenoxy) is 3. The summed E-state index contributed by atoms with van der Waals surface area (Å²) in [6, 6.07) is 21.7. The Kier molecular flexibility index (Phi) is 9.07. The van der Waals surface area contributed by atoms with Gasteiger partial charge in [0.2, 0.25) is 0 Å². The average Bonchev–Trinajstić information content (AvgIpc) is 2.97. The van der Waals surface area contributed by atoms with E-state index in [1.54, 1.807) is 20.8 Å². The Morgan fingerprint density at radius 3 is 2.45 bits per heavy atom. The molecule has 5 rings (SSSR count). The highest BCUT2D eigenvalue weighted by molar-refractivity contribution is 5.72. The van der Waals surface area contributed by atoms with Crippen molar-refractivity contribution in [3.63, 3.8) is 0 Å². The second-order valence-corrected chi connectivity index (χ2v) is 12.6. The number of carbonyl (C=O) groups excluding carboxylic acids is 1. The van der Waals surface area contributed by atoms with Crippen LogP contribution in [0.25, 0.3) is 11.1 Å². The smallest absolute Gasteiger partial charge is 0.408 e. The summed E-state index contributed by atoms with van der Waals surface area (Å²) in [4.78, 5) is 14.9. The van der Waals surface area contributed by atoms with E-state index in [0.717, 1.165) is 73.7 Å². The van der Waals surface area contributed by atoms with E-state index in [1.807, 2.05) is 42.5 Å². The lowest BCUT2D eigenvalue weighted by molar-refractivity contribution is -0.124. The monoisotopic (exact) mass is 574 g/mol. The van der Waals surface area contributed by atoms with Gasteiger partial charge >= 0.3 is 6.09 Å². The zero-order chi connectivity index (χ0) is 29.7. The Morgan fingerprint density at radius 1 is 1.02 bits per heavy atom. The molecule has 2 aliphatic rings. The number of aryl methyl sites for hydroxylation is 1. The lowest BCUT2D eigenvalue weighted by Crippen LogP contribution is -2.50. The highest BCUT2D eigenvalue weighted by Gasteiger charge is 2.41. The zero-order valence-corrected chi connectivity index (χ0v) is 25.3. The van der Waals surface area contributed by atoms with Crippen molar-refractivity contribution in [3.8, 4) is 16.9 Å². The maximum Gasteiger partial charge on any atom is 0.408 e. The Morgan fingerprint density at radius 2 is 1.79 bits per heavy atom. The summed E-state index contributed by atoms with van der Waals surface area (Å²) in [6.07, 6.45) is 2.51. The third-order valence-corrected chi connectivity index (χ3v) is 8.20. The third-order valence-electron chi connectivity index (χ3n) is 8.20. The fourth-order valence-corrected chi connectivity index (χ4v) is 5.72. The third kappa shape index (κ3) is 7.24. The van der Waals surface area contributed by atoms with Crippen LogP contribution in [-0.4, -0.2) is 44.7 Å². The van der Waals surface area contributed by atoms with Crippen LogP contribution in [0.1, 0.15) is 63.3 Å². The van der Waals surface area contributed by atoms with Crippen LogP contribution in [0.2, 0.25) is 0 Å². The first kappa shape index (κ1) is 29.9. The highest BCUT2D eigenvalue weighted by atomic mass is 19.1. The quantitative estimate of drug-likeness (QED) is 0.285. The predicted octanol–water partition coefficient (Wildman–Crippen LogP) is 7.65. The molecule has 2 saturated heterocycles. The maximum absolute atomic E-state index is 14.2. The molecule has 1 N–H and O–H groups in total. The second-order valence-electron chi connectivity index (χ2n) is 12.6. The molecule has 1 atom stereocenters. The van der Waals surface area contributed by atoms with E-state index < -0.39 is 24.4 Å². The first-order valence-corrected chi connectivity index (χ1v) is 15.0. The van der Waals surface area contributed by atoms with Gasteiger partial charge in [0.25, 0.3) is 0 Å². The molecule has 2 heterocycles. The molecule has 1 amide bonds. The highest BCUT2D eigenvalue weighted by Crippen LogP contribution is 2.40. The fraction of sp³-hybridized carbons (Fsp3) is 0.457. The van der Waals surface area contributed by atoms with Crippen molar-refractivity contribution in [2.45, 2.75) is 65.2 Å². The van der Waals surface area contributed by atoms with Crippen LogP contribution < -0.4 is 15.0 Å². The van der Waals surface area contributed by atoms with Gasteiger partial charge in [0, 0.05) is 24.2 Å². The molecular weight excluding hydrogens is 531 g/mol. The number of benzene rings is 3. The standard InChI is InChI=1S/C35H43FN2O4/c1-5-26-9-6-7-12-32(26)41-22-25-17-29(20-30(18-25)38-15-13-35(14-16-38)23-40-24-35)27-10-8-11-28(19-27)31(21-36)37-33(39)42-34(2,3)4/h6-12,17-20,31H,5,13-16,21-24H2,1-4H3,(H,37,39). The molecule has 2 aliphatic heterocycles. The van der Waals surface area contributed by atoms with Crippen LogP contribution in [0.3, 0.4) is 0 Å². The van der Waals surface area contributed by atoms with E-state index in [4.69, 9.17) is 14.2 Å². The van der Waals surface area contributed by atoms with Crippen molar-refractivity contribution in [3.05, 3.63) is 83.4 Å². The van der Waals surface area contributed by atoms with Gasteiger partial charge in [-0.3, -0.25) is 0 Å². The van der Waals surface area contributed by atoms with Crippen molar-refractivity contribution in [2.75, 3.05) is 37.9 Å². The van der Waals surface area contributed by atoms with Crippen molar-refractivity contribution >= 4 is 11.8 Å². The van der Waals surface area contributed by atoms with Gasteiger partial charge in [-0.25, -0.2) is 9.18 Å². The molecule has 0 aromatic heterocycles. The molecule has 0 bridgehead atoms. The molecule has 3 aromatic rings. The second kappa shape index (κ2) is 12.7. The van der Waals surface area contributed by atoms with Gasteiger partial charge in [-0.15, -0.1) is 0 Å². The van der Waals surface area contributed by atoms with Gasteiger partial charge in [-0.2, -0.15) is 0 Å². The van der Waals surface area contributed by atoms with Gasteiger partial charge in [-0.1, -0.05) is 43.3 Å². The number of nitrogens with one attached hydrogen (secondary N) is 1. The van der Waals surface area contributed by atoms with E-state index in [1.165, 1.54) is 5.56 Å². The average molecular weight is 575 g/mol. The molecule has 0 aliphatic carbocycles. The molecule has 0 saturated carbocycles. The zero-order valence-electron chi connectivity index (χ0n) is 25.3. The summed E-state index contributed by atoms with van der Waals surface area (Å²) >= 11 is 0. The fourth-order valence-electron chi connectivity index (χ4n) is 5.72. The summed E-state index contributed by atoms with van der Waals surface area (Å²) in [7, 11) is 0. The van der Waals surface area contributed by atoms with Gasteiger partial charge in [0.05, 0.1) is 19.3 Å². The minimum absolute atomic E-state index is 0.348. The molecular formula is C35H43FN2O4. The summed E-state index contributed by atoms with van der Waals surface area (Å²) in [5.74, 6) is 0.901. The van der Waals surface area contributed by atoms with E-state index in [-0.39, 0.29) is 0 Å². The molecule has 3 aromatic carbocycles. The van der Waals surface area contributed by atoms with E-state index in [0.29, 0.717) is 17.6 Å². The molecule has 7 heteroatoms. The number of para-hydroxylation sites is 1. The molecule has 42 heavy (non-hydrogen) atoms. The van der Waals surface area contributed by atoms with Crippen LogP contribution in [0.4, 0.5) is 14.9 Å². The Bertz CT molecular complexity index is 1370. The number of rotatable bonds is 9. The Balaban J connectivity index is 1.42. The summed E-state index contributed by atoms with van der Waals surface area (Å²) in [6.45, 7) is 10.9. The molecule has 0 radical (unpaired) electrons. The largest absolute Gasteiger partial charge is 0.489 e. The van der Waals surface area contributed by atoms with Crippen LogP contribution in [0.15, 0.2) is 66.7 Å². The van der Waals surface area contributed by atoms with E-state index >= 15 is 0 Å². The predicted molar refractivity (Wildman–Crippen MR) is 165 cm³/mol. The number of hydrogen-bond donors (Lipinski definition) is 1. The number of alkyl carbamates (subject to hydrolysis) is 1. The number of piperidine rings is 1. The van der Waals surface area contributed by atoms with Crippen LogP contribution in [-0.2, 0) is 22.5 Å². The number of amides is 1. The molecule has 6 nitrogen and oxygen atoms in total. The lowest BCUT2D eigenvalue weighted by atomic mass is 9.76. The SMILES string of the molecule is CCc1ccccc1OCc1cc(-c2cccc(C(CF)NC(=O)OC(C)(C)C)c2)cc(N2CCC3(CC2)COC3)c1. The number of carbonyl (C=O) groups is 1. The summed E-state index contributed by atoms with van der Waals surface area (Å²) in [5, 5.41) is 2.69. The van der Waals surface area contributed by atoms with Gasteiger partial charge in [0.15, 0.2) is 0 Å². The number of hydrogen-bond acceptors (Lipinski definition) is 5. The number of anilines is 1. The van der Waals surface area contributed by atoms with Crippen molar-refractivity contribution < 1.29 is 23.4 Å². The van der Waals surface area contributed by atoms with Crippen LogP contribution in [0.5, 0.6) is 5.75 Å². The van der Waals surface area contributed by atoms with E-state index in [2.05, 4.69) is 41.4 Å². The topological polar surface area (TPSA) is 60.0 Å². The summed E-state index contributed by atoms with van der Waals surface area (Å²) < 4.78 is 31.4. The Hall–Kier alpha value is -3.58. The number of alkyl halides is 1. The minimum Gasteiger partial charge on any atom is -0.489 e. The molecule has 2 fully saturated rings. The molecule has 1 unspecified atom stereocenters. The van der Waals surface area contributed by atoms with Crippen molar-refractivity contribution in [1.29, 1.82) is 0 Å². The normalized spacial score (nSPS) is 16.9. The van der Waals surface area contributed by atoms with Gasteiger partial charge < -0.3 is 24.4 Å². The first-order valence-electron chi connectivity index (χ1n) is 15.0. The number of nitrogens with zero attached hydrogens (tertiary/aromatic N) is 1. The van der Waals surface area contributed by atoms with Gasteiger partial charge in [0.1, 0.15) is 24.6 Å². The van der Waals surface area contributed by atoms with E-state index in [9.17, 15) is 9.18 Å². The maximum atomic E-state index is 14.2.